The largest absolute Gasteiger partial charge is 0.496 e. The third kappa shape index (κ3) is 8.27. The highest BCUT2D eigenvalue weighted by Gasteiger charge is 2.35. The third-order valence-electron chi connectivity index (χ3n) is 8.77. The minimum absolute atomic E-state index is 0.0452. The van der Waals surface area contributed by atoms with E-state index in [1.807, 2.05) is 32.0 Å². The van der Waals surface area contributed by atoms with Crippen molar-refractivity contribution in [3.63, 3.8) is 0 Å². The predicted octanol–water partition coefficient (Wildman–Crippen LogP) is 7.87. The SMILES string of the molecule is COc1cc2c(c(OC)c1CCC(C)(C)OC)C(=O)C[C@@H](c1ccc(OC)c(OC)c1C/C=C(\C)CCCC(C)(C)OC)O2. The van der Waals surface area contributed by atoms with Crippen LogP contribution in [0.2, 0.25) is 0 Å². The van der Waals surface area contributed by atoms with Crippen molar-refractivity contribution in [3.8, 4) is 28.7 Å². The third-order valence-corrected chi connectivity index (χ3v) is 8.77. The molecule has 3 rings (SSSR count). The van der Waals surface area contributed by atoms with Crippen molar-refractivity contribution in [3.05, 3.63) is 52.1 Å². The molecule has 0 saturated carbocycles. The number of ketones is 1. The summed E-state index contributed by atoms with van der Waals surface area (Å²) in [6.07, 6.45) is 6.77. The Kier molecular flexibility index (Phi) is 12.2. The molecular formula is C36H52O8. The average molecular weight is 613 g/mol. The summed E-state index contributed by atoms with van der Waals surface area (Å²) in [5.74, 6) is 2.79. The van der Waals surface area contributed by atoms with Gasteiger partial charge < -0.3 is 33.2 Å². The number of methoxy groups -OCH3 is 6. The summed E-state index contributed by atoms with van der Waals surface area (Å²) < 4.78 is 40.9. The van der Waals surface area contributed by atoms with Crippen LogP contribution in [0.1, 0.15) is 99.9 Å². The Morgan fingerprint density at radius 2 is 1.50 bits per heavy atom. The lowest BCUT2D eigenvalue weighted by molar-refractivity contribution is 0.0139. The highest BCUT2D eigenvalue weighted by Crippen LogP contribution is 2.48. The highest BCUT2D eigenvalue weighted by atomic mass is 16.5. The number of carbonyl (C=O) groups excluding carboxylic acids is 1. The summed E-state index contributed by atoms with van der Waals surface area (Å²) in [5, 5.41) is 0. The zero-order chi connectivity index (χ0) is 32.7. The van der Waals surface area contributed by atoms with E-state index in [0.29, 0.717) is 47.2 Å². The van der Waals surface area contributed by atoms with Gasteiger partial charge in [-0.2, -0.15) is 0 Å². The molecule has 0 unspecified atom stereocenters. The number of allylic oxidation sites excluding steroid dienone is 2. The molecule has 244 valence electrons. The number of hydrogen-bond donors (Lipinski definition) is 0. The molecule has 2 aromatic carbocycles. The maximum absolute atomic E-state index is 13.8. The first-order chi connectivity index (χ1) is 20.8. The fraction of sp³-hybridized carbons (Fsp3) is 0.583. The lowest BCUT2D eigenvalue weighted by Crippen LogP contribution is -2.25. The topological polar surface area (TPSA) is 81.7 Å². The van der Waals surface area contributed by atoms with Crippen LogP contribution in [0.3, 0.4) is 0 Å². The Morgan fingerprint density at radius 3 is 2.09 bits per heavy atom. The first-order valence-electron chi connectivity index (χ1n) is 15.3. The Balaban J connectivity index is 1.99. The molecule has 0 bridgehead atoms. The molecule has 1 atom stereocenters. The second-order valence-electron chi connectivity index (χ2n) is 12.6. The highest BCUT2D eigenvalue weighted by molar-refractivity contribution is 6.03. The molecule has 8 nitrogen and oxygen atoms in total. The molecule has 0 amide bonds. The van der Waals surface area contributed by atoms with Crippen molar-refractivity contribution < 1.29 is 38.0 Å². The maximum Gasteiger partial charge on any atom is 0.174 e. The second-order valence-corrected chi connectivity index (χ2v) is 12.6. The summed E-state index contributed by atoms with van der Waals surface area (Å²) in [4.78, 5) is 13.8. The minimum Gasteiger partial charge on any atom is -0.496 e. The molecule has 0 aromatic heterocycles. The van der Waals surface area contributed by atoms with Gasteiger partial charge in [0.2, 0.25) is 0 Å². The normalized spacial score (nSPS) is 15.5. The minimum atomic E-state index is -0.520. The van der Waals surface area contributed by atoms with Gasteiger partial charge in [0.15, 0.2) is 17.3 Å². The van der Waals surface area contributed by atoms with Crippen LogP contribution in [0.4, 0.5) is 0 Å². The number of hydrogen-bond acceptors (Lipinski definition) is 8. The zero-order valence-corrected chi connectivity index (χ0v) is 28.6. The Labute approximate surface area is 264 Å². The first kappa shape index (κ1) is 35.3. The van der Waals surface area contributed by atoms with Crippen LogP contribution in [0.15, 0.2) is 29.8 Å². The van der Waals surface area contributed by atoms with Crippen LogP contribution in [-0.4, -0.2) is 59.6 Å². The number of fused-ring (bicyclic) bond motifs is 1. The van der Waals surface area contributed by atoms with E-state index in [0.717, 1.165) is 42.4 Å². The van der Waals surface area contributed by atoms with E-state index in [1.54, 1.807) is 42.7 Å². The summed E-state index contributed by atoms with van der Waals surface area (Å²) in [7, 11) is 9.91. The summed E-state index contributed by atoms with van der Waals surface area (Å²) in [6.45, 7) is 10.4. The molecule has 1 aliphatic rings. The Bertz CT molecular complexity index is 1320. The molecule has 0 saturated heterocycles. The van der Waals surface area contributed by atoms with Gasteiger partial charge in [-0.1, -0.05) is 17.7 Å². The molecule has 1 aliphatic heterocycles. The standard InChI is InChI=1S/C36H52O8/c1-23(13-12-19-35(2,3)42-10)14-15-25-24(16-17-28(38-6)33(25)40-8)30-21-27(37)32-31(44-30)22-29(39-7)26(34(32)41-9)18-20-36(4,5)43-11/h14,16-17,22,30H,12-13,15,18-21H2,1-11H3/b23-14+/t30-/m0/s1. The van der Waals surface area contributed by atoms with Crippen molar-refractivity contribution in [1.82, 2.24) is 0 Å². The van der Waals surface area contributed by atoms with Crippen LogP contribution in [0.5, 0.6) is 28.7 Å². The fourth-order valence-corrected chi connectivity index (χ4v) is 5.61. The molecule has 0 aliphatic carbocycles. The van der Waals surface area contributed by atoms with E-state index in [1.165, 1.54) is 5.57 Å². The molecule has 0 spiro atoms. The molecule has 0 radical (unpaired) electrons. The van der Waals surface area contributed by atoms with E-state index in [9.17, 15) is 4.79 Å². The number of Topliss-reactive ketones (excluding diaryl/α,β-unsaturated/α-hetero) is 1. The van der Waals surface area contributed by atoms with Gasteiger partial charge in [0.05, 0.1) is 46.1 Å². The summed E-state index contributed by atoms with van der Waals surface area (Å²) in [6, 6.07) is 5.65. The molecule has 1 heterocycles. The quantitative estimate of drug-likeness (QED) is 0.177. The molecule has 44 heavy (non-hydrogen) atoms. The lowest BCUT2D eigenvalue weighted by atomic mass is 9.88. The van der Waals surface area contributed by atoms with Crippen LogP contribution >= 0.6 is 0 Å². The van der Waals surface area contributed by atoms with E-state index in [-0.39, 0.29) is 23.4 Å². The van der Waals surface area contributed by atoms with Crippen LogP contribution in [0.25, 0.3) is 0 Å². The van der Waals surface area contributed by atoms with E-state index in [4.69, 9.17) is 33.2 Å². The molecule has 8 heteroatoms. The average Bonchev–Trinajstić information content (AvgIpc) is 3.01. The second kappa shape index (κ2) is 15.2. The monoisotopic (exact) mass is 612 g/mol. The Morgan fingerprint density at radius 1 is 0.864 bits per heavy atom. The number of benzene rings is 2. The van der Waals surface area contributed by atoms with Crippen molar-refractivity contribution in [2.75, 3.05) is 42.7 Å². The van der Waals surface area contributed by atoms with Crippen LogP contribution in [0, 0.1) is 0 Å². The first-order valence-corrected chi connectivity index (χ1v) is 15.3. The van der Waals surface area contributed by atoms with E-state index >= 15 is 0 Å². The summed E-state index contributed by atoms with van der Waals surface area (Å²) >= 11 is 0. The lowest BCUT2D eigenvalue weighted by Gasteiger charge is -2.30. The van der Waals surface area contributed by atoms with Gasteiger partial charge in [-0.15, -0.1) is 0 Å². The predicted molar refractivity (Wildman–Crippen MR) is 173 cm³/mol. The van der Waals surface area contributed by atoms with Gasteiger partial charge >= 0.3 is 0 Å². The van der Waals surface area contributed by atoms with Crippen LogP contribution < -0.4 is 23.7 Å². The molecular weight excluding hydrogens is 560 g/mol. The zero-order valence-electron chi connectivity index (χ0n) is 28.6. The van der Waals surface area contributed by atoms with Gasteiger partial charge in [-0.3, -0.25) is 4.79 Å². The van der Waals surface area contributed by atoms with Crippen LogP contribution in [-0.2, 0) is 22.3 Å². The molecule has 0 N–H and O–H groups in total. The Hall–Kier alpha value is -3.23. The smallest absolute Gasteiger partial charge is 0.174 e. The van der Waals surface area contributed by atoms with Gasteiger partial charge in [0, 0.05) is 37.0 Å². The maximum atomic E-state index is 13.8. The van der Waals surface area contributed by atoms with Crippen molar-refractivity contribution >= 4 is 5.78 Å². The summed E-state index contributed by atoms with van der Waals surface area (Å²) in [5.41, 5.74) is 3.89. The van der Waals surface area contributed by atoms with E-state index in [2.05, 4.69) is 26.8 Å². The van der Waals surface area contributed by atoms with Gasteiger partial charge in [0.25, 0.3) is 0 Å². The number of ether oxygens (including phenoxy) is 7. The van der Waals surface area contributed by atoms with Gasteiger partial charge in [0.1, 0.15) is 28.9 Å². The number of rotatable bonds is 16. The molecule has 2 aromatic rings. The molecule has 0 fully saturated rings. The number of carbonyl (C=O) groups is 1. The van der Waals surface area contributed by atoms with Crippen molar-refractivity contribution in [2.45, 2.75) is 96.9 Å². The fourth-order valence-electron chi connectivity index (χ4n) is 5.61. The van der Waals surface area contributed by atoms with Gasteiger partial charge in [-0.05, 0) is 79.2 Å². The van der Waals surface area contributed by atoms with E-state index < -0.39 is 6.10 Å². The van der Waals surface area contributed by atoms with Gasteiger partial charge in [-0.25, -0.2) is 0 Å². The van der Waals surface area contributed by atoms with Crippen molar-refractivity contribution in [2.24, 2.45) is 0 Å². The van der Waals surface area contributed by atoms with Crippen molar-refractivity contribution in [1.29, 1.82) is 0 Å².